The van der Waals surface area contributed by atoms with Crippen molar-refractivity contribution in [1.29, 1.82) is 5.41 Å². The monoisotopic (exact) mass is 206 g/mol. The molecule has 1 heterocycles. The zero-order valence-corrected chi connectivity index (χ0v) is 9.49. The van der Waals surface area contributed by atoms with Gasteiger partial charge in [-0.2, -0.15) is 0 Å². The molecule has 0 aliphatic carbocycles. The number of nitrogens with one attached hydrogen (secondary N) is 1. The Labute approximate surface area is 90.6 Å². The van der Waals surface area contributed by atoms with Crippen LogP contribution < -0.4 is 10.6 Å². The van der Waals surface area contributed by atoms with Gasteiger partial charge in [-0.15, -0.1) is 0 Å². The quantitative estimate of drug-likeness (QED) is 0.581. The highest BCUT2D eigenvalue weighted by Crippen LogP contribution is 2.13. The van der Waals surface area contributed by atoms with Crippen molar-refractivity contribution in [3.63, 3.8) is 0 Å². The average molecular weight is 206 g/mol. The van der Waals surface area contributed by atoms with Crippen LogP contribution in [0.15, 0.2) is 18.3 Å². The topological polar surface area (TPSA) is 66.0 Å². The molecule has 0 atom stereocenters. The second-order valence-electron chi connectivity index (χ2n) is 3.70. The number of pyridine rings is 1. The van der Waals surface area contributed by atoms with Crippen molar-refractivity contribution >= 4 is 11.7 Å². The van der Waals surface area contributed by atoms with Gasteiger partial charge in [0, 0.05) is 24.3 Å². The molecule has 82 valence electrons. The second-order valence-corrected chi connectivity index (χ2v) is 3.70. The standard InChI is InChI=1S/C11H18N4/c1-4-15(8(2)3)10-6-5-9(7-14-10)11(12)13/h5-8H,4H2,1-3H3,(H3,12,13). The molecular formula is C11H18N4. The summed E-state index contributed by atoms with van der Waals surface area (Å²) >= 11 is 0. The summed E-state index contributed by atoms with van der Waals surface area (Å²) in [6, 6.07) is 4.15. The van der Waals surface area contributed by atoms with E-state index >= 15 is 0 Å². The van der Waals surface area contributed by atoms with Gasteiger partial charge in [0.25, 0.3) is 0 Å². The van der Waals surface area contributed by atoms with E-state index in [2.05, 4.69) is 30.7 Å². The highest BCUT2D eigenvalue weighted by molar-refractivity contribution is 5.94. The highest BCUT2D eigenvalue weighted by Gasteiger charge is 2.09. The van der Waals surface area contributed by atoms with E-state index in [0.29, 0.717) is 11.6 Å². The number of nitrogens with two attached hydrogens (primary N) is 1. The molecule has 0 aromatic carbocycles. The molecule has 1 aromatic heterocycles. The van der Waals surface area contributed by atoms with Crippen molar-refractivity contribution in [3.05, 3.63) is 23.9 Å². The van der Waals surface area contributed by atoms with Crippen LogP contribution in [0.1, 0.15) is 26.3 Å². The zero-order valence-electron chi connectivity index (χ0n) is 9.49. The molecule has 0 saturated carbocycles. The van der Waals surface area contributed by atoms with Crippen molar-refractivity contribution in [2.45, 2.75) is 26.8 Å². The Bertz CT molecular complexity index is 329. The third-order valence-electron chi connectivity index (χ3n) is 2.32. The van der Waals surface area contributed by atoms with Crippen molar-refractivity contribution in [3.8, 4) is 0 Å². The van der Waals surface area contributed by atoms with Gasteiger partial charge < -0.3 is 10.6 Å². The predicted octanol–water partition coefficient (Wildman–Crippen LogP) is 1.60. The molecule has 4 heteroatoms. The van der Waals surface area contributed by atoms with Gasteiger partial charge in [0.1, 0.15) is 11.7 Å². The number of hydrogen-bond donors (Lipinski definition) is 2. The normalized spacial score (nSPS) is 10.4. The van der Waals surface area contributed by atoms with Gasteiger partial charge in [-0.3, -0.25) is 5.41 Å². The summed E-state index contributed by atoms with van der Waals surface area (Å²) in [6.07, 6.45) is 1.64. The maximum absolute atomic E-state index is 7.27. The van der Waals surface area contributed by atoms with Crippen molar-refractivity contribution in [2.24, 2.45) is 5.73 Å². The van der Waals surface area contributed by atoms with Crippen LogP contribution in [0.5, 0.6) is 0 Å². The van der Waals surface area contributed by atoms with E-state index in [1.165, 1.54) is 0 Å². The van der Waals surface area contributed by atoms with Gasteiger partial charge in [-0.1, -0.05) is 0 Å². The molecule has 1 aromatic rings. The van der Waals surface area contributed by atoms with E-state index in [1.807, 2.05) is 12.1 Å². The summed E-state index contributed by atoms with van der Waals surface area (Å²) in [6.45, 7) is 7.28. The Kier molecular flexibility index (Phi) is 3.66. The van der Waals surface area contributed by atoms with E-state index in [0.717, 1.165) is 12.4 Å². The summed E-state index contributed by atoms with van der Waals surface area (Å²) in [5.41, 5.74) is 6.03. The van der Waals surface area contributed by atoms with Crippen LogP contribution >= 0.6 is 0 Å². The summed E-state index contributed by atoms with van der Waals surface area (Å²) in [5.74, 6) is 0.985. The lowest BCUT2D eigenvalue weighted by atomic mass is 10.2. The zero-order chi connectivity index (χ0) is 11.4. The molecule has 0 spiro atoms. The lowest BCUT2D eigenvalue weighted by molar-refractivity contribution is 0.693. The molecule has 0 bridgehead atoms. The minimum atomic E-state index is 0.0571. The van der Waals surface area contributed by atoms with E-state index < -0.39 is 0 Å². The van der Waals surface area contributed by atoms with E-state index in [-0.39, 0.29) is 5.84 Å². The minimum Gasteiger partial charge on any atom is -0.384 e. The Balaban J connectivity index is 2.92. The highest BCUT2D eigenvalue weighted by atomic mass is 15.2. The number of rotatable bonds is 4. The van der Waals surface area contributed by atoms with Gasteiger partial charge in [0.15, 0.2) is 0 Å². The van der Waals surface area contributed by atoms with Crippen LogP contribution in [-0.2, 0) is 0 Å². The number of aromatic nitrogens is 1. The number of amidine groups is 1. The fourth-order valence-electron chi connectivity index (χ4n) is 1.51. The van der Waals surface area contributed by atoms with E-state index in [1.54, 1.807) is 6.20 Å². The van der Waals surface area contributed by atoms with Crippen LogP contribution in [0.4, 0.5) is 5.82 Å². The fourth-order valence-corrected chi connectivity index (χ4v) is 1.51. The van der Waals surface area contributed by atoms with Crippen molar-refractivity contribution < 1.29 is 0 Å². The minimum absolute atomic E-state index is 0.0571. The Morgan fingerprint density at radius 3 is 2.53 bits per heavy atom. The first-order chi connectivity index (χ1) is 7.06. The van der Waals surface area contributed by atoms with Gasteiger partial charge in [0.05, 0.1) is 0 Å². The molecule has 0 aliphatic rings. The second kappa shape index (κ2) is 4.77. The van der Waals surface area contributed by atoms with E-state index in [4.69, 9.17) is 11.1 Å². The Hall–Kier alpha value is -1.58. The number of anilines is 1. The van der Waals surface area contributed by atoms with Gasteiger partial charge in [0.2, 0.25) is 0 Å². The van der Waals surface area contributed by atoms with Crippen molar-refractivity contribution in [2.75, 3.05) is 11.4 Å². The van der Waals surface area contributed by atoms with Gasteiger partial charge in [-0.05, 0) is 32.9 Å². The number of hydrogen-bond acceptors (Lipinski definition) is 3. The molecule has 0 unspecified atom stereocenters. The fraction of sp³-hybridized carbons (Fsp3) is 0.455. The summed E-state index contributed by atoms with van der Waals surface area (Å²) in [7, 11) is 0. The van der Waals surface area contributed by atoms with E-state index in [9.17, 15) is 0 Å². The Morgan fingerprint density at radius 1 is 1.53 bits per heavy atom. The number of nitrogens with zero attached hydrogens (tertiary/aromatic N) is 2. The van der Waals surface area contributed by atoms with Gasteiger partial charge in [-0.25, -0.2) is 4.98 Å². The number of nitrogen functional groups attached to an aromatic ring is 1. The average Bonchev–Trinajstić information content (AvgIpc) is 2.19. The third kappa shape index (κ3) is 2.68. The predicted molar refractivity (Wildman–Crippen MR) is 63.4 cm³/mol. The van der Waals surface area contributed by atoms with Crippen LogP contribution in [0.25, 0.3) is 0 Å². The largest absolute Gasteiger partial charge is 0.384 e. The van der Waals surface area contributed by atoms with Crippen LogP contribution in [0, 0.1) is 5.41 Å². The molecule has 1 rings (SSSR count). The maximum Gasteiger partial charge on any atom is 0.128 e. The molecule has 0 radical (unpaired) electrons. The smallest absolute Gasteiger partial charge is 0.128 e. The first-order valence-corrected chi connectivity index (χ1v) is 5.13. The first-order valence-electron chi connectivity index (χ1n) is 5.13. The maximum atomic E-state index is 7.27. The molecule has 0 amide bonds. The summed E-state index contributed by atoms with van der Waals surface area (Å²) in [5, 5.41) is 7.27. The lowest BCUT2D eigenvalue weighted by Gasteiger charge is -2.26. The van der Waals surface area contributed by atoms with Crippen molar-refractivity contribution in [1.82, 2.24) is 4.98 Å². The van der Waals surface area contributed by atoms with Gasteiger partial charge >= 0.3 is 0 Å². The molecular weight excluding hydrogens is 188 g/mol. The molecule has 0 saturated heterocycles. The first kappa shape index (κ1) is 11.5. The molecule has 0 fully saturated rings. The Morgan fingerprint density at radius 2 is 2.20 bits per heavy atom. The molecule has 3 N–H and O–H groups in total. The molecule has 0 aliphatic heterocycles. The summed E-state index contributed by atoms with van der Waals surface area (Å²) < 4.78 is 0. The lowest BCUT2D eigenvalue weighted by Crippen LogP contribution is -2.31. The SMILES string of the molecule is CCN(c1ccc(C(=N)N)cn1)C(C)C. The van der Waals surface area contributed by atoms with Crippen LogP contribution in [-0.4, -0.2) is 23.4 Å². The summed E-state index contributed by atoms with van der Waals surface area (Å²) in [4.78, 5) is 6.48. The van der Waals surface area contributed by atoms with Crippen LogP contribution in [0.2, 0.25) is 0 Å². The molecule has 15 heavy (non-hydrogen) atoms. The third-order valence-corrected chi connectivity index (χ3v) is 2.32. The molecule has 4 nitrogen and oxygen atoms in total. The van der Waals surface area contributed by atoms with Crippen LogP contribution in [0.3, 0.4) is 0 Å².